The Morgan fingerprint density at radius 2 is 2.14 bits per heavy atom. The molecule has 0 bridgehead atoms. The average Bonchev–Trinajstić information content (AvgIpc) is 2.47. The van der Waals surface area contributed by atoms with Crippen LogP contribution in [0.3, 0.4) is 0 Å². The number of hydrogen-bond donors (Lipinski definition) is 1. The van der Waals surface area contributed by atoms with E-state index in [0.29, 0.717) is 12.1 Å². The Bertz CT molecular complexity index is 707. The van der Waals surface area contributed by atoms with E-state index in [-0.39, 0.29) is 11.5 Å². The smallest absolute Gasteiger partial charge is 0.251 e. The first kappa shape index (κ1) is 14.8. The molecule has 0 atom stereocenters. The normalized spacial score (nSPS) is 10.2. The highest BCUT2D eigenvalue weighted by Crippen LogP contribution is 2.13. The molecule has 0 saturated carbocycles. The third-order valence-electron chi connectivity index (χ3n) is 3.10. The summed E-state index contributed by atoms with van der Waals surface area (Å²) < 4.78 is 1.42. The van der Waals surface area contributed by atoms with Gasteiger partial charge in [-0.15, -0.1) is 0 Å². The number of carbonyl (C=O) groups is 1. The van der Waals surface area contributed by atoms with E-state index in [9.17, 15) is 9.59 Å². The van der Waals surface area contributed by atoms with Crippen molar-refractivity contribution in [1.82, 2.24) is 14.9 Å². The van der Waals surface area contributed by atoms with Crippen LogP contribution in [-0.2, 0) is 13.6 Å². The highest BCUT2D eigenvalue weighted by atomic mass is 16.2. The van der Waals surface area contributed by atoms with E-state index < -0.39 is 0 Å². The zero-order valence-corrected chi connectivity index (χ0v) is 12.3. The van der Waals surface area contributed by atoms with Crippen LogP contribution in [0, 0.1) is 0 Å². The Morgan fingerprint density at radius 1 is 1.38 bits per heavy atom. The zero-order valence-electron chi connectivity index (χ0n) is 12.3. The number of aryl methyl sites for hydroxylation is 1. The number of amides is 1. The number of pyridine rings is 2. The summed E-state index contributed by atoms with van der Waals surface area (Å²) in [5.74, 6) is 0.531. The molecular formula is C15H18N4O2. The monoisotopic (exact) mass is 286 g/mol. The van der Waals surface area contributed by atoms with Crippen molar-refractivity contribution < 1.29 is 4.79 Å². The third kappa shape index (κ3) is 3.47. The maximum Gasteiger partial charge on any atom is 0.251 e. The van der Waals surface area contributed by atoms with Crippen molar-refractivity contribution >= 4 is 11.7 Å². The fraction of sp³-hybridized carbons (Fsp3) is 0.267. The largest absolute Gasteiger partial charge is 0.362 e. The standard InChI is InChI=1S/C15H18N4O2/c1-18(2)14-12(5-4-7-16-14)10-17-15(21)11-6-8-19(3)13(20)9-11/h4-9H,10H2,1-3H3,(H,17,21). The molecule has 0 radical (unpaired) electrons. The summed E-state index contributed by atoms with van der Waals surface area (Å²) in [6.45, 7) is 0.357. The first-order chi connectivity index (χ1) is 9.99. The Labute approximate surface area is 123 Å². The maximum absolute atomic E-state index is 12.1. The molecule has 0 fully saturated rings. The molecule has 0 aliphatic carbocycles. The molecule has 0 aromatic carbocycles. The molecule has 0 spiro atoms. The van der Waals surface area contributed by atoms with E-state index >= 15 is 0 Å². The molecule has 0 unspecified atom stereocenters. The number of hydrogen-bond acceptors (Lipinski definition) is 4. The van der Waals surface area contributed by atoms with Crippen LogP contribution in [-0.4, -0.2) is 29.6 Å². The quantitative estimate of drug-likeness (QED) is 0.902. The number of rotatable bonds is 4. The molecule has 0 saturated heterocycles. The van der Waals surface area contributed by atoms with Crippen molar-refractivity contribution in [2.75, 3.05) is 19.0 Å². The molecule has 2 aromatic heterocycles. The van der Waals surface area contributed by atoms with E-state index in [1.165, 1.54) is 10.6 Å². The number of nitrogens with zero attached hydrogens (tertiary/aromatic N) is 3. The van der Waals surface area contributed by atoms with Gasteiger partial charge in [-0.2, -0.15) is 0 Å². The van der Waals surface area contributed by atoms with Crippen molar-refractivity contribution in [3.8, 4) is 0 Å². The summed E-state index contributed by atoms with van der Waals surface area (Å²) in [5.41, 5.74) is 1.06. The maximum atomic E-state index is 12.1. The van der Waals surface area contributed by atoms with Crippen molar-refractivity contribution in [2.24, 2.45) is 7.05 Å². The van der Waals surface area contributed by atoms with Gasteiger partial charge in [0.15, 0.2) is 0 Å². The van der Waals surface area contributed by atoms with Gasteiger partial charge in [0.1, 0.15) is 5.82 Å². The van der Waals surface area contributed by atoms with Gasteiger partial charge in [0.05, 0.1) is 0 Å². The minimum absolute atomic E-state index is 0.210. The van der Waals surface area contributed by atoms with E-state index in [4.69, 9.17) is 0 Å². The summed E-state index contributed by atoms with van der Waals surface area (Å²) in [5, 5.41) is 2.80. The van der Waals surface area contributed by atoms with Crippen LogP contribution in [0.5, 0.6) is 0 Å². The predicted octanol–water partition coefficient (Wildman–Crippen LogP) is 0.776. The second-order valence-electron chi connectivity index (χ2n) is 4.93. The molecule has 2 aromatic rings. The lowest BCUT2D eigenvalue weighted by molar-refractivity contribution is 0.0950. The van der Waals surface area contributed by atoms with Crippen LogP contribution in [0.15, 0.2) is 41.5 Å². The second kappa shape index (κ2) is 6.21. The van der Waals surface area contributed by atoms with Crippen LogP contribution in [0.1, 0.15) is 15.9 Å². The van der Waals surface area contributed by atoms with Gasteiger partial charge in [0.25, 0.3) is 11.5 Å². The lowest BCUT2D eigenvalue weighted by Crippen LogP contribution is -2.26. The van der Waals surface area contributed by atoms with Gasteiger partial charge in [0.2, 0.25) is 0 Å². The molecule has 110 valence electrons. The van der Waals surface area contributed by atoms with Gasteiger partial charge >= 0.3 is 0 Å². The van der Waals surface area contributed by atoms with Gasteiger partial charge < -0.3 is 14.8 Å². The molecule has 21 heavy (non-hydrogen) atoms. The summed E-state index contributed by atoms with van der Waals surface area (Å²) in [4.78, 5) is 29.8. The van der Waals surface area contributed by atoms with Gasteiger partial charge in [-0.05, 0) is 12.1 Å². The Kier molecular flexibility index (Phi) is 4.37. The fourth-order valence-corrected chi connectivity index (χ4v) is 1.94. The summed E-state index contributed by atoms with van der Waals surface area (Å²) in [6, 6.07) is 6.68. The predicted molar refractivity (Wildman–Crippen MR) is 81.4 cm³/mol. The second-order valence-corrected chi connectivity index (χ2v) is 4.93. The first-order valence-corrected chi connectivity index (χ1v) is 6.55. The summed E-state index contributed by atoms with van der Waals surface area (Å²) >= 11 is 0. The highest BCUT2D eigenvalue weighted by molar-refractivity contribution is 5.93. The highest BCUT2D eigenvalue weighted by Gasteiger charge is 2.09. The summed E-state index contributed by atoms with van der Waals surface area (Å²) in [7, 11) is 5.44. The van der Waals surface area contributed by atoms with Crippen LogP contribution in [0.25, 0.3) is 0 Å². The molecule has 1 amide bonds. The molecule has 6 nitrogen and oxygen atoms in total. The lowest BCUT2D eigenvalue weighted by Gasteiger charge is -2.16. The summed E-state index contributed by atoms with van der Waals surface area (Å²) in [6.07, 6.45) is 3.29. The zero-order chi connectivity index (χ0) is 15.4. The van der Waals surface area contributed by atoms with Gasteiger partial charge in [0, 0.05) is 57.3 Å². The number of aromatic nitrogens is 2. The minimum atomic E-state index is -0.277. The number of carbonyl (C=O) groups excluding carboxylic acids is 1. The molecule has 2 rings (SSSR count). The molecule has 1 N–H and O–H groups in total. The molecule has 0 aliphatic rings. The van der Waals surface area contributed by atoms with Gasteiger partial charge in [-0.3, -0.25) is 9.59 Å². The third-order valence-corrected chi connectivity index (χ3v) is 3.10. The van der Waals surface area contributed by atoms with E-state index in [0.717, 1.165) is 11.4 Å². The molecule has 0 aliphatic heterocycles. The lowest BCUT2D eigenvalue weighted by atomic mass is 10.2. The fourth-order valence-electron chi connectivity index (χ4n) is 1.94. The van der Waals surface area contributed by atoms with E-state index in [1.54, 1.807) is 25.5 Å². The van der Waals surface area contributed by atoms with Gasteiger partial charge in [-0.1, -0.05) is 6.07 Å². The Balaban J connectivity index is 2.11. The number of nitrogens with one attached hydrogen (secondary N) is 1. The van der Waals surface area contributed by atoms with Crippen LogP contribution in [0.2, 0.25) is 0 Å². The van der Waals surface area contributed by atoms with Crippen LogP contribution < -0.4 is 15.8 Å². The average molecular weight is 286 g/mol. The molecule has 2 heterocycles. The van der Waals surface area contributed by atoms with Crippen molar-refractivity contribution in [2.45, 2.75) is 6.54 Å². The Hall–Kier alpha value is -2.63. The van der Waals surface area contributed by atoms with E-state index in [2.05, 4.69) is 10.3 Å². The molecule has 6 heteroatoms. The van der Waals surface area contributed by atoms with Crippen molar-refractivity contribution in [3.63, 3.8) is 0 Å². The van der Waals surface area contributed by atoms with Gasteiger partial charge in [-0.25, -0.2) is 4.98 Å². The van der Waals surface area contributed by atoms with Crippen molar-refractivity contribution in [3.05, 3.63) is 58.1 Å². The van der Waals surface area contributed by atoms with Crippen LogP contribution in [0.4, 0.5) is 5.82 Å². The van der Waals surface area contributed by atoms with Crippen LogP contribution >= 0.6 is 0 Å². The molecular weight excluding hydrogens is 268 g/mol. The first-order valence-electron chi connectivity index (χ1n) is 6.55. The minimum Gasteiger partial charge on any atom is -0.362 e. The van der Waals surface area contributed by atoms with Crippen molar-refractivity contribution in [1.29, 1.82) is 0 Å². The van der Waals surface area contributed by atoms with E-state index in [1.807, 2.05) is 31.1 Å². The number of anilines is 1. The SMILES string of the molecule is CN(C)c1ncccc1CNC(=O)c1ccn(C)c(=O)c1. The Morgan fingerprint density at radius 3 is 2.81 bits per heavy atom. The topological polar surface area (TPSA) is 67.2 Å².